The second-order valence-electron chi connectivity index (χ2n) is 9.36. The van der Waals surface area contributed by atoms with Crippen molar-refractivity contribution < 1.29 is 4.42 Å². The van der Waals surface area contributed by atoms with Crippen LogP contribution in [0.3, 0.4) is 0 Å². The predicted octanol–water partition coefficient (Wildman–Crippen LogP) is 7.64. The van der Waals surface area contributed by atoms with E-state index in [1.165, 1.54) is 5.56 Å². The van der Waals surface area contributed by atoms with Gasteiger partial charge in [0, 0.05) is 5.69 Å². The van der Waals surface area contributed by atoms with Crippen LogP contribution in [0.4, 0.5) is 22.9 Å². The van der Waals surface area contributed by atoms with Gasteiger partial charge in [-0.1, -0.05) is 48.0 Å². The Kier molecular flexibility index (Phi) is 5.30. The van der Waals surface area contributed by atoms with Gasteiger partial charge in [-0.2, -0.15) is 5.10 Å². The van der Waals surface area contributed by atoms with E-state index in [0.717, 1.165) is 45.6 Å². The van der Waals surface area contributed by atoms with Gasteiger partial charge in [-0.15, -0.1) is 0 Å². The number of benzene rings is 3. The monoisotopic (exact) mass is 562 g/mol. The van der Waals surface area contributed by atoms with E-state index in [-0.39, 0.29) is 6.04 Å². The lowest BCUT2D eigenvalue weighted by Gasteiger charge is -2.39. The summed E-state index contributed by atoms with van der Waals surface area (Å²) in [6.07, 6.45) is 0. The molecule has 0 unspecified atom stereocenters. The molecule has 2 aliphatic heterocycles. The number of aryl methyl sites for hydroxylation is 2. The molecule has 1 N–H and O–H groups in total. The molecule has 0 saturated carbocycles. The van der Waals surface area contributed by atoms with E-state index in [9.17, 15) is 0 Å². The van der Waals surface area contributed by atoms with Crippen molar-refractivity contribution in [1.29, 1.82) is 0 Å². The average Bonchev–Trinajstić information content (AvgIpc) is 3.52. The van der Waals surface area contributed by atoms with Crippen molar-refractivity contribution in [3.8, 4) is 5.69 Å². The minimum atomic E-state index is -0.298. The van der Waals surface area contributed by atoms with Crippen molar-refractivity contribution in [3.63, 3.8) is 0 Å². The number of hydrogen-bond acceptors (Lipinski definition) is 6. The lowest BCUT2D eigenvalue weighted by atomic mass is 9.98. The van der Waals surface area contributed by atoms with Crippen LogP contribution in [-0.2, 0) is 0 Å². The van der Waals surface area contributed by atoms with Crippen molar-refractivity contribution in [2.24, 2.45) is 9.98 Å². The lowest BCUT2D eigenvalue weighted by Crippen LogP contribution is -2.46. The quantitative estimate of drug-likeness (QED) is 0.245. The first kappa shape index (κ1) is 22.7. The summed E-state index contributed by atoms with van der Waals surface area (Å²) in [6.45, 7) is 4.10. The Hall–Kier alpha value is -4.43. The first-order valence-electron chi connectivity index (χ1n) is 12.4. The summed E-state index contributed by atoms with van der Waals surface area (Å²) < 4.78 is 8.78. The van der Waals surface area contributed by atoms with Crippen molar-refractivity contribution in [2.75, 3.05) is 10.2 Å². The second-order valence-corrected chi connectivity index (χ2v) is 10.1. The molecule has 7 nitrogen and oxygen atoms in total. The summed E-state index contributed by atoms with van der Waals surface area (Å²) in [5.74, 6) is 2.90. The Morgan fingerprint density at radius 1 is 0.842 bits per heavy atom. The van der Waals surface area contributed by atoms with E-state index in [2.05, 4.69) is 63.4 Å². The Bertz CT molecular complexity index is 1730. The molecule has 0 fully saturated rings. The molecular weight excluding hydrogens is 540 g/mol. The number of aliphatic imine (C=N–C) groups is 2. The highest BCUT2D eigenvalue weighted by Gasteiger charge is 2.42. The van der Waals surface area contributed by atoms with Crippen LogP contribution in [0, 0.1) is 13.8 Å². The number of rotatable bonds is 3. The predicted molar refractivity (Wildman–Crippen MR) is 154 cm³/mol. The summed E-state index contributed by atoms with van der Waals surface area (Å²) in [6, 6.07) is 30.1. The standard InChI is InChI=1S/C30H23BrN6O/c1-18-12-14-20(15-13-18)32-28-30-34-29-26(19(2)35-37(29)21-8-4-3-5-9-21)27(24-16-17-25(31)38-24)36(30)23-11-7-6-10-22(23)33-28/h3-17,27H,1-2H3,(H,32,33)/t27-/m1/s1. The van der Waals surface area contributed by atoms with Gasteiger partial charge in [-0.05, 0) is 78.3 Å². The molecule has 0 spiro atoms. The van der Waals surface area contributed by atoms with E-state index in [4.69, 9.17) is 19.5 Å². The molecule has 1 atom stereocenters. The molecule has 0 saturated heterocycles. The third-order valence-electron chi connectivity index (χ3n) is 6.82. The minimum Gasteiger partial charge on any atom is -0.452 e. The zero-order chi connectivity index (χ0) is 25.8. The van der Waals surface area contributed by atoms with Gasteiger partial charge in [0.25, 0.3) is 0 Å². The van der Waals surface area contributed by atoms with Gasteiger partial charge < -0.3 is 14.6 Å². The topological polar surface area (TPSA) is 71.0 Å². The van der Waals surface area contributed by atoms with Crippen LogP contribution >= 0.6 is 15.9 Å². The molecule has 3 aromatic carbocycles. The fourth-order valence-corrected chi connectivity index (χ4v) is 5.38. The van der Waals surface area contributed by atoms with Crippen LogP contribution in [0.2, 0.25) is 0 Å². The molecule has 8 heteroatoms. The van der Waals surface area contributed by atoms with Gasteiger partial charge >= 0.3 is 0 Å². The summed E-state index contributed by atoms with van der Waals surface area (Å²) in [5, 5.41) is 8.48. The van der Waals surface area contributed by atoms with Crippen LogP contribution in [-0.4, -0.2) is 21.5 Å². The maximum absolute atomic E-state index is 6.20. The zero-order valence-electron chi connectivity index (χ0n) is 20.8. The molecule has 38 heavy (non-hydrogen) atoms. The molecule has 0 amide bonds. The van der Waals surface area contributed by atoms with Gasteiger partial charge in [0.2, 0.25) is 0 Å². The maximum Gasteiger partial charge on any atom is 0.179 e. The molecular formula is C30H23BrN6O. The number of para-hydroxylation sites is 3. The summed E-state index contributed by atoms with van der Waals surface area (Å²) >= 11 is 3.51. The number of furan rings is 1. The number of amidine groups is 2. The lowest BCUT2D eigenvalue weighted by molar-refractivity contribution is 0.468. The number of halogens is 1. The Morgan fingerprint density at radius 2 is 1.61 bits per heavy atom. The molecule has 2 aromatic heterocycles. The van der Waals surface area contributed by atoms with Gasteiger partial charge in [0.1, 0.15) is 11.8 Å². The Labute approximate surface area is 228 Å². The summed E-state index contributed by atoms with van der Waals surface area (Å²) in [7, 11) is 0. The van der Waals surface area contributed by atoms with Crippen molar-refractivity contribution >= 4 is 50.5 Å². The van der Waals surface area contributed by atoms with E-state index < -0.39 is 0 Å². The van der Waals surface area contributed by atoms with Crippen LogP contribution in [0.1, 0.15) is 28.6 Å². The Morgan fingerprint density at radius 3 is 2.37 bits per heavy atom. The molecule has 0 radical (unpaired) electrons. The molecule has 4 heterocycles. The van der Waals surface area contributed by atoms with E-state index in [0.29, 0.717) is 16.3 Å². The summed E-state index contributed by atoms with van der Waals surface area (Å²) in [4.78, 5) is 12.5. The number of nitrogens with zero attached hydrogens (tertiary/aromatic N) is 5. The zero-order valence-corrected chi connectivity index (χ0v) is 22.3. The normalized spacial score (nSPS) is 15.8. The number of anilines is 2. The second kappa shape index (κ2) is 8.85. The highest BCUT2D eigenvalue weighted by molar-refractivity contribution is 9.10. The van der Waals surface area contributed by atoms with Crippen molar-refractivity contribution in [3.05, 3.63) is 118 Å². The molecule has 0 aliphatic carbocycles. The van der Waals surface area contributed by atoms with Crippen molar-refractivity contribution in [1.82, 2.24) is 9.78 Å². The molecule has 7 rings (SSSR count). The minimum absolute atomic E-state index is 0.298. The number of fused-ring (bicyclic) bond motifs is 4. The molecule has 2 aliphatic rings. The van der Waals surface area contributed by atoms with E-state index >= 15 is 0 Å². The Balaban J connectivity index is 1.49. The van der Waals surface area contributed by atoms with Gasteiger partial charge in [0.15, 0.2) is 22.2 Å². The highest BCUT2D eigenvalue weighted by atomic mass is 79.9. The fraction of sp³-hybridized carbons (Fsp3) is 0.100. The maximum atomic E-state index is 6.20. The number of hydrogen-bond donors (Lipinski definition) is 1. The third-order valence-corrected chi connectivity index (χ3v) is 7.24. The fourth-order valence-electron chi connectivity index (χ4n) is 5.06. The SMILES string of the molecule is Cc1ccc(NC2=Nc3ccccc3N3C2=Nc2c(c(C)nn2-c2ccccc2)[C@H]3c2ccc(Br)o2)cc1. The van der Waals surface area contributed by atoms with Crippen LogP contribution in [0.5, 0.6) is 0 Å². The average molecular weight is 563 g/mol. The number of aromatic nitrogens is 2. The molecule has 5 aromatic rings. The number of nitrogens with one attached hydrogen (secondary N) is 1. The van der Waals surface area contributed by atoms with Crippen LogP contribution in [0.15, 0.2) is 110 Å². The third kappa shape index (κ3) is 3.68. The van der Waals surface area contributed by atoms with Crippen LogP contribution in [0.25, 0.3) is 5.69 Å². The van der Waals surface area contributed by atoms with Gasteiger partial charge in [-0.3, -0.25) is 0 Å². The smallest absolute Gasteiger partial charge is 0.179 e. The molecule has 0 bridgehead atoms. The largest absolute Gasteiger partial charge is 0.452 e. The van der Waals surface area contributed by atoms with Crippen LogP contribution < -0.4 is 10.2 Å². The van der Waals surface area contributed by atoms with Gasteiger partial charge in [0.05, 0.1) is 28.3 Å². The summed E-state index contributed by atoms with van der Waals surface area (Å²) in [5.41, 5.74) is 6.76. The molecule has 186 valence electrons. The first-order valence-corrected chi connectivity index (χ1v) is 13.2. The van der Waals surface area contributed by atoms with E-state index in [1.807, 2.05) is 72.3 Å². The van der Waals surface area contributed by atoms with Crippen molar-refractivity contribution in [2.45, 2.75) is 19.9 Å². The highest BCUT2D eigenvalue weighted by Crippen LogP contribution is 2.48. The van der Waals surface area contributed by atoms with Gasteiger partial charge in [-0.25, -0.2) is 14.7 Å². The first-order chi connectivity index (χ1) is 18.6. The van der Waals surface area contributed by atoms with E-state index in [1.54, 1.807) is 0 Å².